The molecule has 0 unspecified atom stereocenters. The van der Waals surface area contributed by atoms with E-state index in [2.05, 4.69) is 20.9 Å². The Labute approximate surface area is 61.8 Å². The number of oxazole rings is 1. The van der Waals surface area contributed by atoms with E-state index < -0.39 is 0 Å². The van der Waals surface area contributed by atoms with Crippen LogP contribution in [-0.2, 0) is 0 Å². The zero-order chi connectivity index (χ0) is 6.85. The van der Waals surface area contributed by atoms with Gasteiger partial charge in [-0.2, -0.15) is 4.98 Å². The van der Waals surface area contributed by atoms with Crippen LogP contribution in [0.1, 0.15) is 0 Å². The molecule has 50 valence electrons. The van der Waals surface area contributed by atoms with Crippen LogP contribution in [0.4, 0.5) is 6.01 Å². The standard InChI is InChI=1S/C5H7BrN2O/c1-8(2)5-7-4(6)3-9-5/h3H,1-2H3. The van der Waals surface area contributed by atoms with Crippen LogP contribution in [0.25, 0.3) is 0 Å². The van der Waals surface area contributed by atoms with Crippen LogP contribution in [0.5, 0.6) is 0 Å². The van der Waals surface area contributed by atoms with E-state index >= 15 is 0 Å². The number of aromatic nitrogens is 1. The molecule has 0 fully saturated rings. The van der Waals surface area contributed by atoms with Gasteiger partial charge >= 0.3 is 0 Å². The van der Waals surface area contributed by atoms with Crippen molar-refractivity contribution in [2.24, 2.45) is 0 Å². The first-order chi connectivity index (χ1) is 4.20. The van der Waals surface area contributed by atoms with Crippen LogP contribution < -0.4 is 4.90 Å². The molecule has 0 aliphatic heterocycles. The van der Waals surface area contributed by atoms with Crippen molar-refractivity contribution in [3.05, 3.63) is 10.9 Å². The third-order valence-electron chi connectivity index (χ3n) is 0.847. The van der Waals surface area contributed by atoms with Gasteiger partial charge in [0.05, 0.1) is 0 Å². The maximum Gasteiger partial charge on any atom is 0.297 e. The average molecular weight is 191 g/mol. The van der Waals surface area contributed by atoms with Gasteiger partial charge in [0.25, 0.3) is 6.01 Å². The van der Waals surface area contributed by atoms with Crippen LogP contribution in [0.15, 0.2) is 15.3 Å². The molecular weight excluding hydrogens is 184 g/mol. The molecule has 0 bridgehead atoms. The van der Waals surface area contributed by atoms with Gasteiger partial charge in [0.1, 0.15) is 10.9 Å². The summed E-state index contributed by atoms with van der Waals surface area (Å²) >= 11 is 3.17. The third kappa shape index (κ3) is 1.45. The second kappa shape index (κ2) is 2.39. The molecule has 1 aromatic rings. The molecule has 1 heterocycles. The lowest BCUT2D eigenvalue weighted by atomic mass is 10.9. The molecule has 4 heteroatoms. The Morgan fingerprint density at radius 1 is 1.67 bits per heavy atom. The molecular formula is C5H7BrN2O. The second-order valence-corrected chi connectivity index (χ2v) is 2.66. The van der Waals surface area contributed by atoms with E-state index in [1.165, 1.54) is 0 Å². The molecule has 0 aromatic carbocycles. The Morgan fingerprint density at radius 2 is 2.33 bits per heavy atom. The summed E-state index contributed by atoms with van der Waals surface area (Å²) < 4.78 is 5.72. The minimum Gasteiger partial charge on any atom is -0.431 e. The highest BCUT2D eigenvalue weighted by Crippen LogP contribution is 2.14. The Kier molecular flexibility index (Phi) is 1.75. The fraction of sp³-hybridized carbons (Fsp3) is 0.400. The van der Waals surface area contributed by atoms with Crippen molar-refractivity contribution in [3.8, 4) is 0 Å². The summed E-state index contributed by atoms with van der Waals surface area (Å²) in [5.41, 5.74) is 0. The lowest BCUT2D eigenvalue weighted by Gasteiger charge is -2.02. The number of anilines is 1. The van der Waals surface area contributed by atoms with Crippen molar-refractivity contribution in [1.29, 1.82) is 0 Å². The summed E-state index contributed by atoms with van der Waals surface area (Å²) in [5.74, 6) is 0. The predicted octanol–water partition coefficient (Wildman–Crippen LogP) is 1.50. The fourth-order valence-corrected chi connectivity index (χ4v) is 0.696. The molecule has 0 aliphatic rings. The summed E-state index contributed by atoms with van der Waals surface area (Å²) in [6, 6.07) is 0.613. The SMILES string of the molecule is CN(C)c1nc(Br)co1. The molecule has 0 amide bonds. The van der Waals surface area contributed by atoms with Gasteiger partial charge in [-0.25, -0.2) is 0 Å². The van der Waals surface area contributed by atoms with Crippen LogP contribution in [-0.4, -0.2) is 19.1 Å². The summed E-state index contributed by atoms with van der Waals surface area (Å²) in [6.07, 6.45) is 1.55. The van der Waals surface area contributed by atoms with Gasteiger partial charge < -0.3 is 9.32 Å². The molecule has 0 N–H and O–H groups in total. The van der Waals surface area contributed by atoms with Crippen molar-refractivity contribution in [2.75, 3.05) is 19.0 Å². The molecule has 1 aromatic heterocycles. The quantitative estimate of drug-likeness (QED) is 0.673. The van der Waals surface area contributed by atoms with Gasteiger partial charge in [-0.05, 0) is 15.9 Å². The van der Waals surface area contributed by atoms with Crippen molar-refractivity contribution in [3.63, 3.8) is 0 Å². The van der Waals surface area contributed by atoms with Crippen LogP contribution in [0.3, 0.4) is 0 Å². The molecule has 9 heavy (non-hydrogen) atoms. The summed E-state index contributed by atoms with van der Waals surface area (Å²) in [6.45, 7) is 0. The van der Waals surface area contributed by atoms with Gasteiger partial charge in [0, 0.05) is 14.1 Å². The monoisotopic (exact) mass is 190 g/mol. The first kappa shape index (κ1) is 6.61. The van der Waals surface area contributed by atoms with Crippen LogP contribution in [0.2, 0.25) is 0 Å². The van der Waals surface area contributed by atoms with E-state index in [0.29, 0.717) is 6.01 Å². The van der Waals surface area contributed by atoms with E-state index in [1.54, 1.807) is 11.2 Å². The fourth-order valence-electron chi connectivity index (χ4n) is 0.451. The Hall–Kier alpha value is -0.510. The molecule has 0 radical (unpaired) electrons. The van der Waals surface area contributed by atoms with Gasteiger partial charge in [-0.15, -0.1) is 0 Å². The van der Waals surface area contributed by atoms with E-state index in [1.807, 2.05) is 14.1 Å². The molecule has 0 saturated carbocycles. The van der Waals surface area contributed by atoms with Crippen LogP contribution in [0, 0.1) is 0 Å². The van der Waals surface area contributed by atoms with Crippen LogP contribution >= 0.6 is 15.9 Å². The largest absolute Gasteiger partial charge is 0.431 e. The van der Waals surface area contributed by atoms with Crippen molar-refractivity contribution in [2.45, 2.75) is 0 Å². The highest BCUT2D eigenvalue weighted by molar-refractivity contribution is 9.10. The number of nitrogens with zero attached hydrogens (tertiary/aromatic N) is 2. The normalized spacial score (nSPS) is 9.67. The van der Waals surface area contributed by atoms with E-state index in [-0.39, 0.29) is 0 Å². The molecule has 0 aliphatic carbocycles. The highest BCUT2D eigenvalue weighted by Gasteiger charge is 2.00. The lowest BCUT2D eigenvalue weighted by molar-refractivity contribution is 0.555. The van der Waals surface area contributed by atoms with Gasteiger partial charge in [0.15, 0.2) is 0 Å². The number of hydrogen-bond donors (Lipinski definition) is 0. The molecule has 0 spiro atoms. The smallest absolute Gasteiger partial charge is 0.297 e. The third-order valence-corrected chi connectivity index (χ3v) is 1.21. The zero-order valence-electron chi connectivity index (χ0n) is 5.26. The summed E-state index contributed by atoms with van der Waals surface area (Å²) in [7, 11) is 3.75. The number of rotatable bonds is 1. The minimum absolute atomic E-state index is 0.613. The maximum atomic E-state index is 4.99. The predicted molar refractivity (Wildman–Crippen MR) is 38.5 cm³/mol. The topological polar surface area (TPSA) is 29.3 Å². The summed E-state index contributed by atoms with van der Waals surface area (Å²) in [4.78, 5) is 5.78. The highest BCUT2D eigenvalue weighted by atomic mass is 79.9. The molecule has 0 saturated heterocycles. The average Bonchev–Trinajstić information content (AvgIpc) is 2.14. The Bertz CT molecular complexity index is 197. The first-order valence-electron chi connectivity index (χ1n) is 2.48. The molecule has 3 nitrogen and oxygen atoms in total. The Morgan fingerprint density at radius 3 is 2.56 bits per heavy atom. The number of halogens is 1. The van der Waals surface area contributed by atoms with Crippen molar-refractivity contribution in [1.82, 2.24) is 4.98 Å². The van der Waals surface area contributed by atoms with Gasteiger partial charge in [0.2, 0.25) is 0 Å². The van der Waals surface area contributed by atoms with E-state index in [0.717, 1.165) is 4.60 Å². The Balaban J connectivity index is 2.85. The zero-order valence-corrected chi connectivity index (χ0v) is 6.84. The minimum atomic E-state index is 0.613. The lowest BCUT2D eigenvalue weighted by Crippen LogP contribution is -2.08. The van der Waals surface area contributed by atoms with Crippen molar-refractivity contribution >= 4 is 21.9 Å². The van der Waals surface area contributed by atoms with Gasteiger partial charge in [-0.3, -0.25) is 0 Å². The summed E-state index contributed by atoms with van der Waals surface area (Å²) in [5, 5.41) is 0. The van der Waals surface area contributed by atoms with E-state index in [9.17, 15) is 0 Å². The molecule has 1 rings (SSSR count). The molecule has 0 atom stereocenters. The van der Waals surface area contributed by atoms with Gasteiger partial charge in [-0.1, -0.05) is 0 Å². The first-order valence-corrected chi connectivity index (χ1v) is 3.28. The van der Waals surface area contributed by atoms with E-state index in [4.69, 9.17) is 4.42 Å². The number of hydrogen-bond acceptors (Lipinski definition) is 3. The van der Waals surface area contributed by atoms with Crippen molar-refractivity contribution < 1.29 is 4.42 Å². The maximum absolute atomic E-state index is 4.99. The second-order valence-electron chi connectivity index (χ2n) is 1.85.